The van der Waals surface area contributed by atoms with E-state index in [1.54, 1.807) is 14.1 Å². The van der Waals surface area contributed by atoms with Crippen LogP contribution in [0.3, 0.4) is 0 Å². The normalized spacial score (nSPS) is 30.7. The molecule has 4 nitrogen and oxygen atoms in total. The first kappa shape index (κ1) is 9.41. The predicted molar refractivity (Wildman–Crippen MR) is 42.9 cm³/mol. The monoisotopic (exact) mass is 175 g/mol. The number of carbonyl (C=O) groups excluding carboxylic acids is 1. The Balaban J connectivity index is 2.58. The Morgan fingerprint density at radius 3 is 2.58 bits per heavy atom. The van der Waals surface area contributed by atoms with Crippen LogP contribution in [0, 0.1) is 0 Å². The molecule has 0 aliphatic carbocycles. The summed E-state index contributed by atoms with van der Waals surface area (Å²) in [7, 11) is 3.28. The van der Waals surface area contributed by atoms with Gasteiger partial charge in [-0.2, -0.15) is 0 Å². The van der Waals surface area contributed by atoms with Crippen molar-refractivity contribution in [1.82, 2.24) is 9.91 Å². The van der Waals surface area contributed by atoms with Crippen molar-refractivity contribution in [2.24, 2.45) is 5.84 Å². The zero-order valence-electron chi connectivity index (χ0n) is 7.33. The van der Waals surface area contributed by atoms with Gasteiger partial charge in [0.1, 0.15) is 12.2 Å². The summed E-state index contributed by atoms with van der Waals surface area (Å²) >= 11 is 0. The van der Waals surface area contributed by atoms with E-state index in [9.17, 15) is 9.18 Å². The van der Waals surface area contributed by atoms with Crippen LogP contribution in [0.4, 0.5) is 4.39 Å². The van der Waals surface area contributed by atoms with Gasteiger partial charge in [-0.1, -0.05) is 0 Å². The molecule has 70 valence electrons. The van der Waals surface area contributed by atoms with Gasteiger partial charge in [0.25, 0.3) is 0 Å². The summed E-state index contributed by atoms with van der Waals surface area (Å²) in [6.07, 6.45) is -0.753. The van der Waals surface area contributed by atoms with Crippen molar-refractivity contribution in [2.75, 3.05) is 20.6 Å². The first-order chi connectivity index (χ1) is 5.52. The first-order valence-electron chi connectivity index (χ1n) is 3.89. The third kappa shape index (κ3) is 1.73. The maximum atomic E-state index is 12.8. The van der Waals surface area contributed by atoms with E-state index in [1.165, 1.54) is 9.91 Å². The van der Waals surface area contributed by atoms with Crippen LogP contribution < -0.4 is 5.84 Å². The van der Waals surface area contributed by atoms with E-state index in [0.29, 0.717) is 0 Å². The van der Waals surface area contributed by atoms with Gasteiger partial charge in [-0.15, -0.1) is 0 Å². The Hall–Kier alpha value is -0.680. The largest absolute Gasteiger partial charge is 0.347 e. The topological polar surface area (TPSA) is 49.6 Å². The highest BCUT2D eigenvalue weighted by Crippen LogP contribution is 2.17. The highest BCUT2D eigenvalue weighted by molar-refractivity contribution is 5.81. The van der Waals surface area contributed by atoms with Crippen LogP contribution in [0.2, 0.25) is 0 Å². The van der Waals surface area contributed by atoms with Crippen molar-refractivity contribution in [3.63, 3.8) is 0 Å². The lowest BCUT2D eigenvalue weighted by Crippen LogP contribution is -2.46. The zero-order valence-corrected chi connectivity index (χ0v) is 7.33. The van der Waals surface area contributed by atoms with E-state index >= 15 is 0 Å². The molecule has 1 fully saturated rings. The molecule has 2 atom stereocenters. The average molecular weight is 175 g/mol. The van der Waals surface area contributed by atoms with Gasteiger partial charge in [0, 0.05) is 27.1 Å². The number of likely N-dealkylation sites (N-methyl/N-ethyl adjacent to an activating group) is 1. The van der Waals surface area contributed by atoms with Crippen molar-refractivity contribution in [1.29, 1.82) is 0 Å². The van der Waals surface area contributed by atoms with Gasteiger partial charge < -0.3 is 4.90 Å². The molecule has 0 bridgehead atoms. The minimum atomic E-state index is -0.969. The van der Waals surface area contributed by atoms with Crippen LogP contribution in [0.1, 0.15) is 6.42 Å². The Labute approximate surface area is 71.1 Å². The number of rotatable bonds is 1. The molecule has 1 amide bonds. The SMILES string of the molecule is CN(C)C(=O)[C@@H]1CC(F)CN1N. The number of carbonyl (C=O) groups is 1. The second kappa shape index (κ2) is 3.37. The van der Waals surface area contributed by atoms with Gasteiger partial charge in [-0.05, 0) is 0 Å². The summed E-state index contributed by atoms with van der Waals surface area (Å²) in [5.74, 6) is 5.33. The minimum absolute atomic E-state index is 0.127. The van der Waals surface area contributed by atoms with Crippen LogP contribution in [0.15, 0.2) is 0 Å². The lowest BCUT2D eigenvalue weighted by atomic mass is 10.2. The molecule has 1 unspecified atom stereocenters. The zero-order chi connectivity index (χ0) is 9.30. The van der Waals surface area contributed by atoms with E-state index in [1.807, 2.05) is 0 Å². The molecule has 0 saturated carbocycles. The quantitative estimate of drug-likeness (QED) is 0.539. The van der Waals surface area contributed by atoms with Crippen molar-refractivity contribution in [3.05, 3.63) is 0 Å². The average Bonchev–Trinajstić information content (AvgIpc) is 2.28. The molecule has 0 radical (unpaired) electrons. The summed E-state index contributed by atoms with van der Waals surface area (Å²) in [5.41, 5.74) is 0. The van der Waals surface area contributed by atoms with Gasteiger partial charge in [-0.3, -0.25) is 10.6 Å². The Morgan fingerprint density at radius 2 is 2.25 bits per heavy atom. The molecule has 0 aromatic rings. The van der Waals surface area contributed by atoms with Crippen LogP contribution in [-0.2, 0) is 4.79 Å². The summed E-state index contributed by atoms with van der Waals surface area (Å²) in [5, 5.41) is 1.27. The standard InChI is InChI=1S/C7H14FN3O/c1-10(2)7(12)6-3-5(8)4-11(6)9/h5-6H,3-4,9H2,1-2H3/t5?,6-/m0/s1. The van der Waals surface area contributed by atoms with E-state index < -0.39 is 12.2 Å². The van der Waals surface area contributed by atoms with E-state index in [2.05, 4.69) is 0 Å². The Bertz CT molecular complexity index is 185. The summed E-state index contributed by atoms with van der Waals surface area (Å²) in [4.78, 5) is 12.8. The lowest BCUT2D eigenvalue weighted by molar-refractivity contribution is -0.133. The maximum Gasteiger partial charge on any atom is 0.240 e. The maximum absolute atomic E-state index is 12.8. The summed E-state index contributed by atoms with van der Waals surface area (Å²) in [6, 6.07) is -0.477. The van der Waals surface area contributed by atoms with Crippen molar-refractivity contribution in [2.45, 2.75) is 18.6 Å². The number of hydrogen-bond donors (Lipinski definition) is 1. The van der Waals surface area contributed by atoms with Crippen LogP contribution in [-0.4, -0.2) is 48.7 Å². The minimum Gasteiger partial charge on any atom is -0.347 e. The number of hydrogen-bond acceptors (Lipinski definition) is 3. The third-order valence-corrected chi connectivity index (χ3v) is 2.01. The summed E-state index contributed by atoms with van der Waals surface area (Å²) in [6.45, 7) is 0.157. The fourth-order valence-corrected chi connectivity index (χ4v) is 1.35. The number of alkyl halides is 1. The van der Waals surface area contributed by atoms with Gasteiger partial charge in [0.2, 0.25) is 5.91 Å². The van der Waals surface area contributed by atoms with E-state index in [0.717, 1.165) is 0 Å². The van der Waals surface area contributed by atoms with Gasteiger partial charge in [-0.25, -0.2) is 9.40 Å². The molecule has 0 aromatic carbocycles. The molecule has 12 heavy (non-hydrogen) atoms. The molecular formula is C7H14FN3O. The second-order valence-corrected chi connectivity index (χ2v) is 3.28. The summed E-state index contributed by atoms with van der Waals surface area (Å²) < 4.78 is 12.8. The van der Waals surface area contributed by atoms with Crippen molar-refractivity contribution >= 4 is 5.91 Å². The number of amides is 1. The van der Waals surface area contributed by atoms with Crippen molar-refractivity contribution < 1.29 is 9.18 Å². The molecular weight excluding hydrogens is 161 g/mol. The van der Waals surface area contributed by atoms with Crippen LogP contribution in [0.5, 0.6) is 0 Å². The fraction of sp³-hybridized carbons (Fsp3) is 0.857. The Kier molecular flexibility index (Phi) is 2.64. The fourth-order valence-electron chi connectivity index (χ4n) is 1.35. The number of hydrazine groups is 1. The molecule has 2 N–H and O–H groups in total. The first-order valence-corrected chi connectivity index (χ1v) is 3.89. The third-order valence-electron chi connectivity index (χ3n) is 2.01. The number of nitrogens with zero attached hydrogens (tertiary/aromatic N) is 2. The molecule has 1 aliphatic rings. The van der Waals surface area contributed by atoms with E-state index in [-0.39, 0.29) is 18.9 Å². The second-order valence-electron chi connectivity index (χ2n) is 3.28. The molecule has 1 heterocycles. The molecule has 0 aromatic heterocycles. The predicted octanol–water partition coefficient (Wildman–Crippen LogP) is -0.639. The number of halogens is 1. The van der Waals surface area contributed by atoms with E-state index in [4.69, 9.17) is 5.84 Å². The number of nitrogens with two attached hydrogens (primary N) is 1. The molecule has 5 heteroatoms. The van der Waals surface area contributed by atoms with Gasteiger partial charge in [0.05, 0.1) is 0 Å². The molecule has 1 aliphatic heterocycles. The van der Waals surface area contributed by atoms with Gasteiger partial charge in [0.15, 0.2) is 0 Å². The molecule has 1 saturated heterocycles. The highest BCUT2D eigenvalue weighted by atomic mass is 19.1. The van der Waals surface area contributed by atoms with Gasteiger partial charge >= 0.3 is 0 Å². The van der Waals surface area contributed by atoms with Crippen molar-refractivity contribution in [3.8, 4) is 0 Å². The Morgan fingerprint density at radius 1 is 1.67 bits per heavy atom. The molecule has 0 spiro atoms. The highest BCUT2D eigenvalue weighted by Gasteiger charge is 2.35. The smallest absolute Gasteiger partial charge is 0.240 e. The lowest BCUT2D eigenvalue weighted by Gasteiger charge is -2.21. The van der Waals surface area contributed by atoms with Crippen LogP contribution in [0.25, 0.3) is 0 Å². The molecule has 1 rings (SSSR count). The van der Waals surface area contributed by atoms with Crippen LogP contribution >= 0.6 is 0 Å².